The lowest BCUT2D eigenvalue weighted by molar-refractivity contribution is -0.118. The van der Waals surface area contributed by atoms with Crippen LogP contribution in [0.2, 0.25) is 0 Å². The van der Waals surface area contributed by atoms with Crippen molar-refractivity contribution in [3.63, 3.8) is 0 Å². The standard InChI is InChI=1S/C16H14O3S/c1-11-2-4-13(5-3-11)20-15-7-9-19-16(15)14-10-12(17)6-8-18-14/h2-9,14H,10H2,1H3/t14-/m0/s1. The van der Waals surface area contributed by atoms with Crippen LogP contribution in [-0.4, -0.2) is 5.78 Å². The van der Waals surface area contributed by atoms with Crippen LogP contribution in [0.15, 0.2) is 63.1 Å². The van der Waals surface area contributed by atoms with Crippen molar-refractivity contribution in [3.8, 4) is 0 Å². The van der Waals surface area contributed by atoms with Crippen LogP contribution < -0.4 is 0 Å². The molecule has 0 amide bonds. The molecule has 1 aromatic carbocycles. The van der Waals surface area contributed by atoms with E-state index in [-0.39, 0.29) is 11.9 Å². The van der Waals surface area contributed by atoms with Gasteiger partial charge in [0.25, 0.3) is 0 Å². The fraction of sp³-hybridized carbons (Fsp3) is 0.188. The molecular weight excluding hydrogens is 272 g/mol. The second-order valence-corrected chi connectivity index (χ2v) is 5.78. The Morgan fingerprint density at radius 3 is 2.75 bits per heavy atom. The van der Waals surface area contributed by atoms with Gasteiger partial charge in [0.2, 0.25) is 0 Å². The maximum atomic E-state index is 11.5. The van der Waals surface area contributed by atoms with E-state index in [1.807, 2.05) is 6.07 Å². The molecule has 0 saturated heterocycles. The summed E-state index contributed by atoms with van der Waals surface area (Å²) in [6.07, 6.45) is 4.53. The van der Waals surface area contributed by atoms with Gasteiger partial charge in [-0.15, -0.1) is 0 Å². The number of rotatable bonds is 3. The molecule has 0 N–H and O–H groups in total. The van der Waals surface area contributed by atoms with Gasteiger partial charge in [-0.05, 0) is 25.1 Å². The van der Waals surface area contributed by atoms with Crippen LogP contribution in [0.5, 0.6) is 0 Å². The first-order chi connectivity index (χ1) is 9.72. The van der Waals surface area contributed by atoms with E-state index in [1.54, 1.807) is 18.0 Å². The van der Waals surface area contributed by atoms with E-state index in [9.17, 15) is 4.79 Å². The van der Waals surface area contributed by atoms with Crippen LogP contribution in [0, 0.1) is 6.92 Å². The fourth-order valence-corrected chi connectivity index (χ4v) is 2.95. The Morgan fingerprint density at radius 1 is 1.20 bits per heavy atom. The first kappa shape index (κ1) is 13.1. The van der Waals surface area contributed by atoms with Gasteiger partial charge in [-0.1, -0.05) is 29.5 Å². The summed E-state index contributed by atoms with van der Waals surface area (Å²) < 4.78 is 11.0. The third-order valence-electron chi connectivity index (χ3n) is 3.08. The lowest BCUT2D eigenvalue weighted by atomic mass is 10.1. The average molecular weight is 286 g/mol. The van der Waals surface area contributed by atoms with Crippen LogP contribution in [0.1, 0.15) is 23.8 Å². The van der Waals surface area contributed by atoms with E-state index in [0.717, 1.165) is 9.79 Å². The highest BCUT2D eigenvalue weighted by atomic mass is 32.2. The minimum Gasteiger partial charge on any atom is -0.489 e. The van der Waals surface area contributed by atoms with Crippen LogP contribution >= 0.6 is 11.8 Å². The molecule has 1 atom stereocenters. The van der Waals surface area contributed by atoms with Crippen molar-refractivity contribution in [1.82, 2.24) is 0 Å². The number of ether oxygens (including phenoxy) is 1. The lowest BCUT2D eigenvalue weighted by Gasteiger charge is -2.17. The molecule has 102 valence electrons. The van der Waals surface area contributed by atoms with Crippen molar-refractivity contribution < 1.29 is 13.9 Å². The van der Waals surface area contributed by atoms with E-state index in [2.05, 4.69) is 31.2 Å². The van der Waals surface area contributed by atoms with Gasteiger partial charge in [0.05, 0.1) is 23.8 Å². The molecular formula is C16H14O3S. The third kappa shape index (κ3) is 2.80. The quantitative estimate of drug-likeness (QED) is 0.844. The van der Waals surface area contributed by atoms with Gasteiger partial charge < -0.3 is 9.15 Å². The number of allylic oxidation sites excluding steroid dienone is 1. The average Bonchev–Trinajstić information content (AvgIpc) is 2.89. The van der Waals surface area contributed by atoms with Crippen molar-refractivity contribution in [2.24, 2.45) is 0 Å². The number of hydrogen-bond donors (Lipinski definition) is 0. The molecule has 4 heteroatoms. The van der Waals surface area contributed by atoms with Crippen molar-refractivity contribution >= 4 is 17.5 Å². The largest absolute Gasteiger partial charge is 0.489 e. The molecule has 0 fully saturated rings. The summed E-state index contributed by atoms with van der Waals surface area (Å²) in [6.45, 7) is 2.06. The number of carbonyl (C=O) groups excluding carboxylic acids is 1. The molecule has 0 bridgehead atoms. The first-order valence-electron chi connectivity index (χ1n) is 6.39. The highest BCUT2D eigenvalue weighted by Gasteiger charge is 2.24. The Balaban J connectivity index is 1.81. The van der Waals surface area contributed by atoms with Crippen molar-refractivity contribution in [1.29, 1.82) is 0 Å². The van der Waals surface area contributed by atoms with E-state index < -0.39 is 0 Å². The molecule has 0 saturated carbocycles. The minimum absolute atomic E-state index is 0.0592. The van der Waals surface area contributed by atoms with Gasteiger partial charge >= 0.3 is 0 Å². The monoisotopic (exact) mass is 286 g/mol. The van der Waals surface area contributed by atoms with Crippen molar-refractivity contribution in [3.05, 3.63) is 60.3 Å². The molecule has 1 aliphatic heterocycles. The summed E-state index contributed by atoms with van der Waals surface area (Å²) in [5.74, 6) is 0.775. The van der Waals surface area contributed by atoms with Gasteiger partial charge in [-0.3, -0.25) is 4.79 Å². The summed E-state index contributed by atoms with van der Waals surface area (Å²) in [4.78, 5) is 13.6. The molecule has 20 heavy (non-hydrogen) atoms. The molecule has 2 aromatic rings. The van der Waals surface area contributed by atoms with E-state index >= 15 is 0 Å². The molecule has 3 nitrogen and oxygen atoms in total. The van der Waals surface area contributed by atoms with Crippen molar-refractivity contribution in [2.45, 2.75) is 29.2 Å². The highest BCUT2D eigenvalue weighted by molar-refractivity contribution is 7.99. The predicted octanol–water partition coefficient (Wildman–Crippen LogP) is 4.28. The summed E-state index contributed by atoms with van der Waals surface area (Å²) in [7, 11) is 0. The lowest BCUT2D eigenvalue weighted by Crippen LogP contribution is -2.11. The Bertz CT molecular complexity index is 640. The maximum Gasteiger partial charge on any atom is 0.163 e. The first-order valence-corrected chi connectivity index (χ1v) is 7.21. The maximum absolute atomic E-state index is 11.5. The Hall–Kier alpha value is -1.94. The zero-order valence-corrected chi connectivity index (χ0v) is 11.9. The predicted molar refractivity (Wildman–Crippen MR) is 76.6 cm³/mol. The number of carbonyl (C=O) groups is 1. The molecule has 1 aliphatic rings. The molecule has 3 rings (SSSR count). The zero-order valence-electron chi connectivity index (χ0n) is 11.0. The summed E-state index contributed by atoms with van der Waals surface area (Å²) in [6, 6.07) is 10.2. The SMILES string of the molecule is Cc1ccc(Sc2ccoc2[C@@H]2CC(=O)C=CO2)cc1. The zero-order chi connectivity index (χ0) is 13.9. The smallest absolute Gasteiger partial charge is 0.163 e. The third-order valence-corrected chi connectivity index (χ3v) is 4.15. The number of aryl methyl sites for hydroxylation is 1. The molecule has 0 aliphatic carbocycles. The number of hydrogen-bond acceptors (Lipinski definition) is 4. The summed E-state index contributed by atoms with van der Waals surface area (Å²) >= 11 is 1.62. The normalized spacial score (nSPS) is 18.1. The Morgan fingerprint density at radius 2 is 2.00 bits per heavy atom. The van der Waals surface area contributed by atoms with E-state index in [0.29, 0.717) is 12.2 Å². The molecule has 0 unspecified atom stereocenters. The van der Waals surface area contributed by atoms with Gasteiger partial charge in [-0.25, -0.2) is 0 Å². The van der Waals surface area contributed by atoms with E-state index in [4.69, 9.17) is 9.15 Å². The second-order valence-electron chi connectivity index (χ2n) is 4.66. The molecule has 0 radical (unpaired) electrons. The van der Waals surface area contributed by atoms with Crippen LogP contribution in [-0.2, 0) is 9.53 Å². The van der Waals surface area contributed by atoms with Gasteiger partial charge in [-0.2, -0.15) is 0 Å². The topological polar surface area (TPSA) is 39.4 Å². The summed E-state index contributed by atoms with van der Waals surface area (Å²) in [5.41, 5.74) is 1.23. The van der Waals surface area contributed by atoms with Gasteiger partial charge in [0.1, 0.15) is 0 Å². The van der Waals surface area contributed by atoms with Crippen LogP contribution in [0.25, 0.3) is 0 Å². The van der Waals surface area contributed by atoms with Crippen LogP contribution in [0.3, 0.4) is 0 Å². The number of benzene rings is 1. The van der Waals surface area contributed by atoms with Crippen LogP contribution in [0.4, 0.5) is 0 Å². The van der Waals surface area contributed by atoms with E-state index in [1.165, 1.54) is 17.9 Å². The van der Waals surface area contributed by atoms with Crippen molar-refractivity contribution in [2.75, 3.05) is 0 Å². The second kappa shape index (κ2) is 5.59. The number of ketones is 1. The summed E-state index contributed by atoms with van der Waals surface area (Å²) in [5, 5.41) is 0. The highest BCUT2D eigenvalue weighted by Crippen LogP contribution is 2.37. The van der Waals surface area contributed by atoms with Gasteiger partial charge in [0, 0.05) is 11.0 Å². The molecule has 0 spiro atoms. The Kier molecular flexibility index (Phi) is 3.65. The van der Waals surface area contributed by atoms with Gasteiger partial charge in [0.15, 0.2) is 17.6 Å². The molecule has 2 heterocycles. The Labute approximate surface area is 121 Å². The molecule has 1 aromatic heterocycles. The minimum atomic E-state index is -0.324. The number of furan rings is 1. The fourth-order valence-electron chi connectivity index (χ4n) is 2.02.